The lowest BCUT2D eigenvalue weighted by Crippen LogP contribution is -2.05. The summed E-state index contributed by atoms with van der Waals surface area (Å²) < 4.78 is 28.5. The van der Waals surface area contributed by atoms with Gasteiger partial charge in [0, 0.05) is 12.3 Å². The first kappa shape index (κ1) is 7.22. The first-order valence-corrected chi connectivity index (χ1v) is 3.25. The maximum absolute atomic E-state index is 12.0. The van der Waals surface area contributed by atoms with Crippen LogP contribution in [0.5, 0.6) is 0 Å². The van der Waals surface area contributed by atoms with Gasteiger partial charge in [0.2, 0.25) is 0 Å². The molecule has 0 aliphatic heterocycles. The number of alkyl halides is 3. The Morgan fingerprint density at radius 3 is 2.56 bits per heavy atom. The van der Waals surface area contributed by atoms with Gasteiger partial charge in [-0.3, -0.25) is 0 Å². The second-order valence-electron chi connectivity index (χ2n) is 2.01. The molecule has 0 aromatic rings. The predicted octanol–water partition coefficient (Wildman–Crippen LogP) is 1.65. The van der Waals surface area contributed by atoms with Gasteiger partial charge in [0.15, 0.2) is 0 Å². The maximum atomic E-state index is 12.0. The Morgan fingerprint density at radius 2 is 2.22 bits per heavy atom. The van der Waals surface area contributed by atoms with Crippen molar-refractivity contribution in [2.45, 2.75) is 18.4 Å². The minimum absolute atomic E-state index is 0.135. The van der Waals surface area contributed by atoms with Gasteiger partial charge in [-0.2, -0.15) is 0 Å². The molecule has 0 radical (unpaired) electrons. The summed E-state index contributed by atoms with van der Waals surface area (Å²) in [6, 6.07) is 0. The van der Waals surface area contributed by atoms with Crippen molar-refractivity contribution in [3.63, 3.8) is 0 Å². The van der Waals surface area contributed by atoms with Crippen LogP contribution in [0.3, 0.4) is 0 Å². The Hall–Kier alpha value is 0.110. The Bertz CT molecular complexity index is 107. The maximum Gasteiger partial charge on any atom is 0.276 e. The van der Waals surface area contributed by atoms with E-state index in [1.165, 1.54) is 0 Å². The van der Waals surface area contributed by atoms with E-state index in [2.05, 4.69) is 4.74 Å². The number of hydrogen-bond acceptors (Lipinski definition) is 1. The minimum atomic E-state index is -2.56. The Kier molecular flexibility index (Phi) is 1.91. The van der Waals surface area contributed by atoms with Crippen molar-refractivity contribution in [2.24, 2.45) is 0 Å². The Labute approximate surface area is 56.9 Å². The standard InChI is InChI=1S/C5H7ClF2O/c6-1-2-9-4-3-5(4,7)8/h4H,1-3H2. The van der Waals surface area contributed by atoms with Crippen molar-refractivity contribution < 1.29 is 13.5 Å². The first-order valence-electron chi connectivity index (χ1n) is 2.72. The van der Waals surface area contributed by atoms with Crippen LogP contribution in [0, 0.1) is 0 Å². The van der Waals surface area contributed by atoms with Crippen molar-refractivity contribution in [3.8, 4) is 0 Å². The molecule has 1 aliphatic carbocycles. The van der Waals surface area contributed by atoms with Crippen molar-refractivity contribution in [1.82, 2.24) is 0 Å². The van der Waals surface area contributed by atoms with E-state index in [1.54, 1.807) is 0 Å². The van der Waals surface area contributed by atoms with E-state index in [4.69, 9.17) is 11.6 Å². The van der Waals surface area contributed by atoms with E-state index in [1.807, 2.05) is 0 Å². The molecule has 1 unspecified atom stereocenters. The van der Waals surface area contributed by atoms with E-state index in [-0.39, 0.29) is 18.9 Å². The van der Waals surface area contributed by atoms with Crippen LogP contribution in [0.2, 0.25) is 0 Å². The third kappa shape index (κ3) is 1.76. The third-order valence-corrected chi connectivity index (χ3v) is 1.32. The number of halogens is 3. The summed E-state index contributed by atoms with van der Waals surface area (Å²) in [4.78, 5) is 0. The molecule has 0 aromatic heterocycles. The van der Waals surface area contributed by atoms with Gasteiger partial charge in [-0.1, -0.05) is 0 Å². The van der Waals surface area contributed by atoms with E-state index in [0.29, 0.717) is 0 Å². The quantitative estimate of drug-likeness (QED) is 0.565. The zero-order chi connectivity index (χ0) is 6.91. The van der Waals surface area contributed by atoms with Crippen LogP contribution in [-0.4, -0.2) is 24.5 Å². The summed E-state index contributed by atoms with van der Waals surface area (Å²) in [5.41, 5.74) is 0. The van der Waals surface area contributed by atoms with Gasteiger partial charge >= 0.3 is 0 Å². The molecule has 9 heavy (non-hydrogen) atoms. The van der Waals surface area contributed by atoms with E-state index in [9.17, 15) is 8.78 Å². The second-order valence-corrected chi connectivity index (χ2v) is 2.39. The summed E-state index contributed by atoms with van der Waals surface area (Å²) in [5.74, 6) is -2.28. The lowest BCUT2D eigenvalue weighted by Gasteiger charge is -1.96. The highest BCUT2D eigenvalue weighted by molar-refractivity contribution is 6.17. The molecule has 0 bridgehead atoms. The van der Waals surface area contributed by atoms with E-state index in [0.717, 1.165) is 0 Å². The second kappa shape index (κ2) is 2.39. The lowest BCUT2D eigenvalue weighted by molar-refractivity contribution is 0.0187. The zero-order valence-corrected chi connectivity index (χ0v) is 5.50. The fraction of sp³-hybridized carbons (Fsp3) is 1.00. The van der Waals surface area contributed by atoms with Gasteiger partial charge in [0.1, 0.15) is 6.10 Å². The number of ether oxygens (including phenoxy) is 1. The topological polar surface area (TPSA) is 9.23 Å². The van der Waals surface area contributed by atoms with Gasteiger partial charge < -0.3 is 4.74 Å². The molecule has 1 aliphatic rings. The molecular weight excluding hydrogens is 150 g/mol. The molecule has 54 valence electrons. The van der Waals surface area contributed by atoms with Crippen LogP contribution >= 0.6 is 11.6 Å². The van der Waals surface area contributed by atoms with E-state index < -0.39 is 12.0 Å². The van der Waals surface area contributed by atoms with Crippen LogP contribution in [0.25, 0.3) is 0 Å². The lowest BCUT2D eigenvalue weighted by atomic mass is 10.7. The molecule has 1 nitrogen and oxygen atoms in total. The van der Waals surface area contributed by atoms with Crippen LogP contribution in [0.4, 0.5) is 8.78 Å². The van der Waals surface area contributed by atoms with Crippen molar-refractivity contribution in [3.05, 3.63) is 0 Å². The van der Waals surface area contributed by atoms with Gasteiger partial charge in [0.05, 0.1) is 6.61 Å². The summed E-state index contributed by atoms with van der Waals surface area (Å²) in [5, 5.41) is 0. The molecule has 0 heterocycles. The third-order valence-electron chi connectivity index (χ3n) is 1.16. The van der Waals surface area contributed by atoms with Crippen molar-refractivity contribution in [2.75, 3.05) is 12.5 Å². The van der Waals surface area contributed by atoms with Crippen LogP contribution in [0.1, 0.15) is 6.42 Å². The van der Waals surface area contributed by atoms with Crippen LogP contribution in [-0.2, 0) is 4.74 Å². The van der Waals surface area contributed by atoms with E-state index >= 15 is 0 Å². The SMILES string of the molecule is FC1(F)CC1OCCCl. The number of rotatable bonds is 3. The molecular formula is C5H7ClF2O. The summed E-state index contributed by atoms with van der Waals surface area (Å²) in [6.07, 6.45) is -0.986. The smallest absolute Gasteiger partial charge is 0.276 e. The Balaban J connectivity index is 2.06. The van der Waals surface area contributed by atoms with Crippen molar-refractivity contribution >= 4 is 11.6 Å². The predicted molar refractivity (Wildman–Crippen MR) is 30.0 cm³/mol. The molecule has 0 amide bonds. The molecule has 1 atom stereocenters. The Morgan fingerprint density at radius 1 is 1.67 bits per heavy atom. The monoisotopic (exact) mass is 156 g/mol. The fourth-order valence-electron chi connectivity index (χ4n) is 0.556. The normalized spacial score (nSPS) is 30.3. The van der Waals surface area contributed by atoms with Gasteiger partial charge in [0.25, 0.3) is 5.92 Å². The van der Waals surface area contributed by atoms with Crippen molar-refractivity contribution in [1.29, 1.82) is 0 Å². The minimum Gasteiger partial charge on any atom is -0.370 e. The number of hydrogen-bond donors (Lipinski definition) is 0. The molecule has 0 spiro atoms. The van der Waals surface area contributed by atoms with Crippen LogP contribution < -0.4 is 0 Å². The molecule has 4 heteroatoms. The fourth-order valence-corrected chi connectivity index (χ4v) is 0.645. The summed E-state index contributed by atoms with van der Waals surface area (Å²) >= 11 is 5.20. The summed E-state index contributed by atoms with van der Waals surface area (Å²) in [6.45, 7) is 0.224. The average Bonchev–Trinajstić information content (AvgIpc) is 2.35. The average molecular weight is 157 g/mol. The first-order chi connectivity index (χ1) is 4.17. The molecule has 0 saturated heterocycles. The van der Waals surface area contributed by atoms with Crippen LogP contribution in [0.15, 0.2) is 0 Å². The zero-order valence-electron chi connectivity index (χ0n) is 4.74. The highest BCUT2D eigenvalue weighted by Gasteiger charge is 2.58. The molecule has 1 saturated carbocycles. The highest BCUT2D eigenvalue weighted by atomic mass is 35.5. The summed E-state index contributed by atoms with van der Waals surface area (Å²) in [7, 11) is 0. The van der Waals surface area contributed by atoms with Gasteiger partial charge in [-0.25, -0.2) is 8.78 Å². The molecule has 1 rings (SSSR count). The largest absolute Gasteiger partial charge is 0.370 e. The molecule has 1 fully saturated rings. The molecule has 0 N–H and O–H groups in total. The van der Waals surface area contributed by atoms with Gasteiger partial charge in [-0.05, 0) is 0 Å². The van der Waals surface area contributed by atoms with Gasteiger partial charge in [-0.15, -0.1) is 11.6 Å². The molecule has 0 aromatic carbocycles. The highest BCUT2D eigenvalue weighted by Crippen LogP contribution is 2.44.